The summed E-state index contributed by atoms with van der Waals surface area (Å²) >= 11 is 0. The van der Waals surface area contributed by atoms with Crippen LogP contribution >= 0.6 is 7.75 Å². The van der Waals surface area contributed by atoms with Crippen molar-refractivity contribution in [3.63, 3.8) is 0 Å². The highest BCUT2D eigenvalue weighted by Crippen LogP contribution is 2.53. The Bertz CT molecular complexity index is 1020. The van der Waals surface area contributed by atoms with Crippen LogP contribution in [0.1, 0.15) is 25.9 Å². The molecule has 0 spiro atoms. The Morgan fingerprint density at radius 3 is 3.03 bits per heavy atom. The standard InChI is InChI=1S/C16H22FN6O6P/c1-4-26-16(24)7(2)22-30(25)27-5-9-12(29-30)10(17)15(28-9)23-6-19-11-13(18)20-8(3)21-14(11)23/h6-7,9-10,12,15H,4-5H2,1-3H3,(H,22,25)(H2,18,20,21)/t7-,9?,10-,12+,15+,30?/m0/s1. The van der Waals surface area contributed by atoms with Crippen molar-refractivity contribution in [3.8, 4) is 0 Å². The zero-order valence-corrected chi connectivity index (χ0v) is 17.4. The van der Waals surface area contributed by atoms with Crippen LogP contribution in [0, 0.1) is 6.92 Å². The maximum Gasteiger partial charge on any atom is 0.406 e. The number of hydrogen-bond acceptors (Lipinski definition) is 10. The first kappa shape index (κ1) is 21.1. The maximum absolute atomic E-state index is 15.3. The Morgan fingerprint density at radius 1 is 1.53 bits per heavy atom. The molecule has 0 saturated carbocycles. The van der Waals surface area contributed by atoms with Crippen molar-refractivity contribution in [1.82, 2.24) is 24.6 Å². The number of rotatable bonds is 5. The number of esters is 1. The van der Waals surface area contributed by atoms with Crippen LogP contribution in [0.5, 0.6) is 0 Å². The normalized spacial score (nSPS) is 32.1. The number of aryl methyl sites for hydroxylation is 1. The molecule has 2 fully saturated rings. The molecule has 30 heavy (non-hydrogen) atoms. The van der Waals surface area contributed by atoms with Crippen LogP contribution < -0.4 is 10.8 Å². The van der Waals surface area contributed by atoms with E-state index in [9.17, 15) is 9.36 Å². The fourth-order valence-corrected chi connectivity index (χ4v) is 5.09. The van der Waals surface area contributed by atoms with Gasteiger partial charge in [-0.1, -0.05) is 0 Å². The minimum atomic E-state index is -3.96. The molecule has 0 aromatic carbocycles. The van der Waals surface area contributed by atoms with E-state index in [0.717, 1.165) is 0 Å². The summed E-state index contributed by atoms with van der Waals surface area (Å²) in [5.41, 5.74) is 6.49. The first-order valence-corrected chi connectivity index (χ1v) is 10.9. The number of fused-ring (bicyclic) bond motifs is 2. The number of nitrogens with one attached hydrogen (secondary N) is 1. The van der Waals surface area contributed by atoms with Gasteiger partial charge in [-0.25, -0.2) is 29.0 Å². The van der Waals surface area contributed by atoms with E-state index in [4.69, 9.17) is 24.3 Å². The summed E-state index contributed by atoms with van der Waals surface area (Å²) in [7, 11) is -3.96. The lowest BCUT2D eigenvalue weighted by atomic mass is 10.1. The number of ether oxygens (including phenoxy) is 2. The van der Waals surface area contributed by atoms with Gasteiger partial charge in [0.15, 0.2) is 23.9 Å². The van der Waals surface area contributed by atoms with Crippen molar-refractivity contribution in [2.75, 3.05) is 18.9 Å². The third-order valence-corrected chi connectivity index (χ3v) is 6.48. The molecule has 0 bridgehead atoms. The van der Waals surface area contributed by atoms with E-state index in [1.807, 2.05) is 0 Å². The zero-order valence-electron chi connectivity index (χ0n) is 16.5. The number of nitrogens with zero attached hydrogens (tertiary/aromatic N) is 4. The third-order valence-electron chi connectivity index (χ3n) is 4.76. The van der Waals surface area contributed by atoms with Crippen molar-refractivity contribution in [2.45, 2.75) is 51.4 Å². The van der Waals surface area contributed by atoms with Crippen molar-refractivity contribution >= 4 is 30.7 Å². The molecule has 0 amide bonds. The van der Waals surface area contributed by atoms with E-state index in [2.05, 4.69) is 20.0 Å². The molecule has 14 heteroatoms. The Morgan fingerprint density at radius 2 is 2.30 bits per heavy atom. The van der Waals surface area contributed by atoms with E-state index in [1.54, 1.807) is 13.8 Å². The fourth-order valence-electron chi connectivity index (χ4n) is 3.40. The average molecular weight is 444 g/mol. The van der Waals surface area contributed by atoms with Gasteiger partial charge in [-0.3, -0.25) is 18.4 Å². The Balaban J connectivity index is 1.54. The number of imidazole rings is 1. The van der Waals surface area contributed by atoms with E-state index >= 15 is 4.39 Å². The van der Waals surface area contributed by atoms with Gasteiger partial charge in [0.1, 0.15) is 29.6 Å². The fraction of sp³-hybridized carbons (Fsp3) is 0.625. The van der Waals surface area contributed by atoms with E-state index < -0.39 is 44.4 Å². The molecular weight excluding hydrogens is 422 g/mol. The molecule has 2 saturated heterocycles. The molecule has 2 aliphatic rings. The molecule has 12 nitrogen and oxygen atoms in total. The molecule has 164 valence electrons. The summed E-state index contributed by atoms with van der Waals surface area (Å²) in [6.45, 7) is 4.72. The summed E-state index contributed by atoms with van der Waals surface area (Å²) in [5, 5.41) is 2.47. The molecular formula is C16H22FN6O6P. The summed E-state index contributed by atoms with van der Waals surface area (Å²) in [5.74, 6) is -0.0611. The van der Waals surface area contributed by atoms with Gasteiger partial charge < -0.3 is 15.2 Å². The number of nitrogens with two attached hydrogens (primary N) is 1. The van der Waals surface area contributed by atoms with Crippen molar-refractivity contribution in [3.05, 3.63) is 12.2 Å². The topological polar surface area (TPSA) is 153 Å². The first-order chi connectivity index (χ1) is 14.2. The number of anilines is 1. The molecule has 2 aromatic rings. The van der Waals surface area contributed by atoms with Gasteiger partial charge in [0, 0.05) is 0 Å². The second kappa shape index (κ2) is 7.82. The van der Waals surface area contributed by atoms with Crippen LogP contribution in [-0.4, -0.2) is 63.1 Å². The second-order valence-electron chi connectivity index (χ2n) is 6.96. The van der Waals surface area contributed by atoms with Gasteiger partial charge in [-0.15, -0.1) is 0 Å². The number of carbonyl (C=O) groups excluding carboxylic acids is 1. The monoisotopic (exact) mass is 444 g/mol. The molecule has 4 heterocycles. The highest BCUT2D eigenvalue weighted by atomic mass is 31.2. The summed E-state index contributed by atoms with van der Waals surface area (Å²) in [4.78, 5) is 24.2. The number of aromatic nitrogens is 4. The zero-order chi connectivity index (χ0) is 21.6. The Kier molecular flexibility index (Phi) is 5.49. The van der Waals surface area contributed by atoms with Gasteiger partial charge in [0.05, 0.1) is 19.5 Å². The number of halogens is 1. The van der Waals surface area contributed by atoms with Gasteiger partial charge in [-0.2, -0.15) is 0 Å². The van der Waals surface area contributed by atoms with Gasteiger partial charge in [-0.05, 0) is 20.8 Å². The lowest BCUT2D eigenvalue weighted by molar-refractivity contribution is -0.144. The number of nitrogen functional groups attached to an aromatic ring is 1. The molecule has 3 N–H and O–H groups in total. The molecule has 2 unspecified atom stereocenters. The van der Waals surface area contributed by atoms with Gasteiger partial charge in [0.2, 0.25) is 0 Å². The maximum atomic E-state index is 15.3. The largest absolute Gasteiger partial charge is 0.465 e. The van der Waals surface area contributed by atoms with E-state index in [-0.39, 0.29) is 19.0 Å². The summed E-state index contributed by atoms with van der Waals surface area (Å²) < 4.78 is 50.9. The van der Waals surface area contributed by atoms with Gasteiger partial charge in [0.25, 0.3) is 0 Å². The molecule has 0 aliphatic carbocycles. The number of carbonyl (C=O) groups is 1. The van der Waals surface area contributed by atoms with E-state index in [0.29, 0.717) is 17.0 Å². The van der Waals surface area contributed by atoms with Crippen molar-refractivity contribution in [2.24, 2.45) is 0 Å². The summed E-state index contributed by atoms with van der Waals surface area (Å²) in [6.07, 6.45) is -3.50. The lowest BCUT2D eigenvalue weighted by Crippen LogP contribution is -2.43. The minimum absolute atomic E-state index is 0.163. The highest BCUT2D eigenvalue weighted by molar-refractivity contribution is 7.51. The SMILES string of the molecule is CCOC(=O)[C@H](C)NP1(=O)OCC2O[C@@H](n3cnc4c(N)nc(C)nc43)[C@@H](F)[C@@H]2O1. The van der Waals surface area contributed by atoms with Crippen LogP contribution in [0.2, 0.25) is 0 Å². The first-order valence-electron chi connectivity index (χ1n) is 9.36. The Hall–Kier alpha value is -2.18. The van der Waals surface area contributed by atoms with Crippen LogP contribution in [-0.2, 0) is 27.9 Å². The molecule has 0 radical (unpaired) electrons. The van der Waals surface area contributed by atoms with Crippen LogP contribution in [0.15, 0.2) is 6.33 Å². The average Bonchev–Trinajstić information content (AvgIpc) is 3.23. The Labute approximate surface area is 170 Å². The van der Waals surface area contributed by atoms with Crippen LogP contribution in [0.3, 0.4) is 0 Å². The van der Waals surface area contributed by atoms with Crippen molar-refractivity contribution < 1.29 is 32.3 Å². The quantitative estimate of drug-likeness (QED) is 0.502. The predicted octanol–water partition coefficient (Wildman–Crippen LogP) is 1.02. The van der Waals surface area contributed by atoms with Gasteiger partial charge >= 0.3 is 13.7 Å². The minimum Gasteiger partial charge on any atom is -0.465 e. The highest BCUT2D eigenvalue weighted by Gasteiger charge is 2.54. The van der Waals surface area contributed by atoms with Crippen molar-refractivity contribution in [1.29, 1.82) is 0 Å². The second-order valence-corrected chi connectivity index (χ2v) is 8.68. The van der Waals surface area contributed by atoms with E-state index in [1.165, 1.54) is 17.8 Å². The van der Waals surface area contributed by atoms with Crippen LogP contribution in [0.4, 0.5) is 10.2 Å². The lowest BCUT2D eigenvalue weighted by Gasteiger charge is -2.32. The molecule has 6 atom stereocenters. The van der Waals surface area contributed by atoms with Crippen LogP contribution in [0.25, 0.3) is 11.2 Å². The molecule has 4 rings (SSSR count). The third kappa shape index (κ3) is 3.67. The molecule has 2 aromatic heterocycles. The predicted molar refractivity (Wildman–Crippen MR) is 101 cm³/mol. The molecule has 2 aliphatic heterocycles. The number of alkyl halides is 1. The number of hydrogen-bond donors (Lipinski definition) is 2. The summed E-state index contributed by atoms with van der Waals surface area (Å²) in [6, 6.07) is -0.969. The smallest absolute Gasteiger partial charge is 0.406 e.